The molecular formula is C22H25ClN6O2. The summed E-state index contributed by atoms with van der Waals surface area (Å²) in [5.41, 5.74) is 2.66. The summed E-state index contributed by atoms with van der Waals surface area (Å²) in [7, 11) is 1.57. The van der Waals surface area contributed by atoms with Gasteiger partial charge in [0.15, 0.2) is 5.78 Å². The summed E-state index contributed by atoms with van der Waals surface area (Å²) in [5.74, 6) is 0.984. The summed E-state index contributed by atoms with van der Waals surface area (Å²) < 4.78 is 7.36. The lowest BCUT2D eigenvalue weighted by Gasteiger charge is -2.14. The number of ketones is 1. The van der Waals surface area contributed by atoms with E-state index in [4.69, 9.17) is 16.3 Å². The van der Waals surface area contributed by atoms with Crippen molar-refractivity contribution in [3.8, 4) is 17.0 Å². The van der Waals surface area contributed by atoms with Gasteiger partial charge >= 0.3 is 0 Å². The van der Waals surface area contributed by atoms with Crippen LogP contribution in [0.25, 0.3) is 11.3 Å². The molecule has 0 aliphatic carbocycles. The highest BCUT2D eigenvalue weighted by atomic mass is 35.5. The Morgan fingerprint density at radius 1 is 1.35 bits per heavy atom. The number of rotatable bonds is 7. The highest BCUT2D eigenvalue weighted by Crippen LogP contribution is 2.31. The van der Waals surface area contributed by atoms with Gasteiger partial charge < -0.3 is 15.4 Å². The second kappa shape index (κ2) is 9.03. The quantitative estimate of drug-likeness (QED) is 0.530. The fraction of sp³-hybridized carbons (Fsp3) is 0.364. The topological polar surface area (TPSA) is 94.0 Å². The van der Waals surface area contributed by atoms with Crippen molar-refractivity contribution < 1.29 is 9.53 Å². The van der Waals surface area contributed by atoms with Crippen LogP contribution in [0.3, 0.4) is 0 Å². The number of benzene rings is 1. The third-order valence-electron chi connectivity index (χ3n) is 5.26. The van der Waals surface area contributed by atoms with Crippen molar-refractivity contribution in [3.63, 3.8) is 0 Å². The number of nitrogens with zero attached hydrogens (tertiary/aromatic N) is 4. The molecule has 1 aromatic carbocycles. The molecule has 1 fully saturated rings. The number of anilines is 2. The minimum atomic E-state index is -0.127. The highest BCUT2D eigenvalue weighted by molar-refractivity contribution is 6.32. The van der Waals surface area contributed by atoms with Crippen LogP contribution in [-0.2, 0) is 0 Å². The number of carbonyl (C=O) groups excluding carboxylic acids is 1. The molecule has 0 radical (unpaired) electrons. The van der Waals surface area contributed by atoms with Crippen LogP contribution in [0.4, 0.5) is 11.6 Å². The van der Waals surface area contributed by atoms with Crippen LogP contribution in [0.1, 0.15) is 43.1 Å². The molecule has 1 saturated heterocycles. The lowest BCUT2D eigenvalue weighted by Crippen LogP contribution is -2.30. The molecule has 0 bridgehead atoms. The minimum absolute atomic E-state index is 0.0783. The van der Waals surface area contributed by atoms with Crippen molar-refractivity contribution in [2.45, 2.75) is 38.8 Å². The van der Waals surface area contributed by atoms with Crippen LogP contribution < -0.4 is 15.4 Å². The standard InChI is InChI=1S/C22H25ClN6O2/c1-13(2)29-12-15(10-26-29)20-16(23)11-25-22(28-20)27-17-7-6-14(9-19(17)31-3)21(30)18-5-4-8-24-18/h6-7,9-13,18,24H,4-5,8H2,1-3H3,(H,25,27,28). The monoisotopic (exact) mass is 440 g/mol. The summed E-state index contributed by atoms with van der Waals surface area (Å²) in [6, 6.07) is 5.44. The second-order valence-electron chi connectivity index (χ2n) is 7.75. The minimum Gasteiger partial charge on any atom is -0.495 e. The van der Waals surface area contributed by atoms with E-state index in [2.05, 4.69) is 39.5 Å². The van der Waals surface area contributed by atoms with Crippen LogP contribution in [0, 0.1) is 0 Å². The van der Waals surface area contributed by atoms with Crippen LogP contribution >= 0.6 is 11.6 Å². The van der Waals surface area contributed by atoms with E-state index in [1.54, 1.807) is 37.7 Å². The maximum absolute atomic E-state index is 12.7. The van der Waals surface area contributed by atoms with Gasteiger partial charge in [0, 0.05) is 23.4 Å². The van der Waals surface area contributed by atoms with E-state index in [0.29, 0.717) is 33.7 Å². The largest absolute Gasteiger partial charge is 0.495 e. The van der Waals surface area contributed by atoms with Crippen molar-refractivity contribution in [1.82, 2.24) is 25.1 Å². The van der Waals surface area contributed by atoms with Crippen LogP contribution in [-0.4, -0.2) is 45.2 Å². The highest BCUT2D eigenvalue weighted by Gasteiger charge is 2.24. The molecule has 1 unspecified atom stereocenters. The molecule has 2 aromatic heterocycles. The predicted octanol–water partition coefficient (Wildman–Crippen LogP) is 4.26. The van der Waals surface area contributed by atoms with Gasteiger partial charge in [0.25, 0.3) is 0 Å². The summed E-state index contributed by atoms with van der Waals surface area (Å²) in [6.45, 7) is 4.98. The van der Waals surface area contributed by atoms with Crippen molar-refractivity contribution in [2.24, 2.45) is 0 Å². The van der Waals surface area contributed by atoms with E-state index in [1.165, 1.54) is 0 Å². The zero-order valence-electron chi connectivity index (χ0n) is 17.7. The SMILES string of the molecule is COc1cc(C(=O)C2CCCN2)ccc1Nc1ncc(Cl)c(-c2cnn(C(C)C)c2)n1. The van der Waals surface area contributed by atoms with E-state index in [-0.39, 0.29) is 17.9 Å². The molecule has 8 nitrogen and oxygen atoms in total. The lowest BCUT2D eigenvalue weighted by molar-refractivity contribution is 0.0952. The molecule has 0 saturated carbocycles. The Labute approximate surface area is 186 Å². The van der Waals surface area contributed by atoms with Gasteiger partial charge in [0.05, 0.1) is 41.9 Å². The molecule has 4 rings (SSSR count). The number of nitrogens with one attached hydrogen (secondary N) is 2. The van der Waals surface area contributed by atoms with E-state index in [1.807, 2.05) is 10.9 Å². The average Bonchev–Trinajstić information content (AvgIpc) is 3.47. The Morgan fingerprint density at radius 3 is 2.87 bits per heavy atom. The van der Waals surface area contributed by atoms with Gasteiger partial charge in [-0.15, -0.1) is 0 Å². The van der Waals surface area contributed by atoms with Crippen molar-refractivity contribution in [2.75, 3.05) is 19.0 Å². The number of halogens is 1. The van der Waals surface area contributed by atoms with Gasteiger partial charge in [-0.25, -0.2) is 9.97 Å². The van der Waals surface area contributed by atoms with Crippen molar-refractivity contribution >= 4 is 29.0 Å². The van der Waals surface area contributed by atoms with Gasteiger partial charge in [0.2, 0.25) is 5.95 Å². The molecule has 1 aliphatic heterocycles. The zero-order valence-corrected chi connectivity index (χ0v) is 18.5. The first kappa shape index (κ1) is 21.3. The smallest absolute Gasteiger partial charge is 0.227 e. The molecular weight excluding hydrogens is 416 g/mol. The Bertz CT molecular complexity index is 1090. The van der Waals surface area contributed by atoms with E-state index >= 15 is 0 Å². The predicted molar refractivity (Wildman–Crippen MR) is 120 cm³/mol. The van der Waals surface area contributed by atoms with Crippen molar-refractivity contribution in [3.05, 3.63) is 47.4 Å². The number of hydrogen-bond donors (Lipinski definition) is 2. The molecule has 1 atom stereocenters. The number of methoxy groups -OCH3 is 1. The zero-order chi connectivity index (χ0) is 22.0. The molecule has 31 heavy (non-hydrogen) atoms. The summed E-state index contributed by atoms with van der Waals surface area (Å²) in [5, 5.41) is 11.2. The third kappa shape index (κ3) is 4.55. The van der Waals surface area contributed by atoms with Gasteiger partial charge in [-0.05, 0) is 51.4 Å². The van der Waals surface area contributed by atoms with Crippen molar-refractivity contribution in [1.29, 1.82) is 0 Å². The summed E-state index contributed by atoms with van der Waals surface area (Å²) >= 11 is 6.34. The van der Waals surface area contributed by atoms with Gasteiger partial charge in [0.1, 0.15) is 5.75 Å². The van der Waals surface area contributed by atoms with Crippen LogP contribution in [0.15, 0.2) is 36.8 Å². The number of ether oxygens (including phenoxy) is 1. The van der Waals surface area contributed by atoms with Crippen LogP contribution in [0.5, 0.6) is 5.75 Å². The third-order valence-corrected chi connectivity index (χ3v) is 5.53. The molecule has 9 heteroatoms. The Morgan fingerprint density at radius 2 is 2.19 bits per heavy atom. The lowest BCUT2D eigenvalue weighted by atomic mass is 10.0. The summed E-state index contributed by atoms with van der Waals surface area (Å²) in [6.07, 6.45) is 7.06. The maximum Gasteiger partial charge on any atom is 0.227 e. The second-order valence-corrected chi connectivity index (χ2v) is 8.15. The number of carbonyl (C=O) groups is 1. The molecule has 3 aromatic rings. The Balaban J connectivity index is 1.59. The van der Waals surface area contributed by atoms with Crippen LogP contribution in [0.2, 0.25) is 5.02 Å². The molecule has 1 aliphatic rings. The van der Waals surface area contributed by atoms with E-state index in [9.17, 15) is 4.79 Å². The molecule has 2 N–H and O–H groups in total. The first-order valence-electron chi connectivity index (χ1n) is 10.3. The Kier molecular flexibility index (Phi) is 6.20. The molecule has 3 heterocycles. The number of Topliss-reactive ketones (excluding diaryl/α,β-unsaturated/α-hetero) is 1. The average molecular weight is 441 g/mol. The molecule has 162 valence electrons. The van der Waals surface area contributed by atoms with E-state index in [0.717, 1.165) is 24.9 Å². The number of hydrogen-bond acceptors (Lipinski definition) is 7. The van der Waals surface area contributed by atoms with E-state index < -0.39 is 0 Å². The maximum atomic E-state index is 12.7. The number of aromatic nitrogens is 4. The van der Waals surface area contributed by atoms with Gasteiger partial charge in [-0.2, -0.15) is 5.10 Å². The Hall–Kier alpha value is -2.97. The first-order chi connectivity index (χ1) is 15.0. The normalized spacial score (nSPS) is 16.0. The first-order valence-corrected chi connectivity index (χ1v) is 10.6. The van der Waals surface area contributed by atoms with Gasteiger partial charge in [-0.3, -0.25) is 9.48 Å². The summed E-state index contributed by atoms with van der Waals surface area (Å²) in [4.78, 5) is 21.5. The molecule has 0 amide bonds. The fourth-order valence-corrected chi connectivity index (χ4v) is 3.75. The molecule has 0 spiro atoms. The fourth-order valence-electron chi connectivity index (χ4n) is 3.55. The van der Waals surface area contributed by atoms with Gasteiger partial charge in [-0.1, -0.05) is 11.6 Å².